The Labute approximate surface area is 121 Å². The fourth-order valence-corrected chi connectivity index (χ4v) is 3.88. The van der Waals surface area contributed by atoms with Crippen LogP contribution >= 0.6 is 11.3 Å². The van der Waals surface area contributed by atoms with Crippen LogP contribution in [0.5, 0.6) is 5.75 Å². The highest BCUT2D eigenvalue weighted by Gasteiger charge is 2.32. The molecule has 0 radical (unpaired) electrons. The van der Waals surface area contributed by atoms with Gasteiger partial charge >= 0.3 is 0 Å². The van der Waals surface area contributed by atoms with Crippen LogP contribution in [0.15, 0.2) is 53.9 Å². The largest absolute Gasteiger partial charge is 0.493 e. The lowest BCUT2D eigenvalue weighted by Gasteiger charge is -2.16. The molecule has 1 N–H and O–H groups in total. The van der Waals surface area contributed by atoms with Gasteiger partial charge in [-0.2, -0.15) is 0 Å². The van der Waals surface area contributed by atoms with Crippen molar-refractivity contribution in [1.29, 1.82) is 0 Å². The molecule has 1 aromatic heterocycles. The Kier molecular flexibility index (Phi) is 2.76. The van der Waals surface area contributed by atoms with Crippen molar-refractivity contribution < 1.29 is 9.84 Å². The minimum Gasteiger partial charge on any atom is -0.493 e. The predicted molar refractivity (Wildman–Crippen MR) is 81.5 cm³/mol. The molecule has 3 aromatic rings. The molecule has 0 saturated carbocycles. The molecule has 2 heterocycles. The molecule has 1 aliphatic heterocycles. The molecule has 3 heteroatoms. The maximum Gasteiger partial charge on any atom is 0.123 e. The van der Waals surface area contributed by atoms with Crippen molar-refractivity contribution in [3.05, 3.63) is 65.0 Å². The first-order valence-corrected chi connectivity index (χ1v) is 7.58. The van der Waals surface area contributed by atoms with Gasteiger partial charge in [0.2, 0.25) is 0 Å². The van der Waals surface area contributed by atoms with Gasteiger partial charge in [0.05, 0.1) is 18.6 Å². The summed E-state index contributed by atoms with van der Waals surface area (Å²) >= 11 is 1.68. The summed E-state index contributed by atoms with van der Waals surface area (Å²) in [6.07, 6.45) is -0.519. The van der Waals surface area contributed by atoms with Crippen molar-refractivity contribution in [2.75, 3.05) is 6.61 Å². The van der Waals surface area contributed by atoms with Crippen LogP contribution in [0.25, 0.3) is 10.1 Å². The van der Waals surface area contributed by atoms with Gasteiger partial charge in [-0.25, -0.2) is 0 Å². The van der Waals surface area contributed by atoms with E-state index in [4.69, 9.17) is 4.74 Å². The maximum atomic E-state index is 10.8. The topological polar surface area (TPSA) is 29.5 Å². The SMILES string of the molecule is OC(c1csc2ccccc12)C1COc2ccccc21. The zero-order chi connectivity index (χ0) is 13.5. The first kappa shape index (κ1) is 11.9. The average molecular weight is 282 g/mol. The van der Waals surface area contributed by atoms with E-state index in [1.807, 2.05) is 36.4 Å². The molecule has 2 nitrogen and oxygen atoms in total. The Morgan fingerprint density at radius 2 is 1.90 bits per heavy atom. The molecule has 2 atom stereocenters. The van der Waals surface area contributed by atoms with Crippen molar-refractivity contribution in [3.63, 3.8) is 0 Å². The number of aliphatic hydroxyl groups is 1. The number of ether oxygens (including phenoxy) is 1. The second-order valence-corrected chi connectivity index (χ2v) is 6.00. The summed E-state index contributed by atoms with van der Waals surface area (Å²) in [4.78, 5) is 0. The van der Waals surface area contributed by atoms with Crippen molar-refractivity contribution >= 4 is 21.4 Å². The van der Waals surface area contributed by atoms with E-state index in [0.717, 1.165) is 22.3 Å². The number of hydrogen-bond acceptors (Lipinski definition) is 3. The highest BCUT2D eigenvalue weighted by atomic mass is 32.1. The number of benzene rings is 2. The quantitative estimate of drug-likeness (QED) is 0.766. The highest BCUT2D eigenvalue weighted by molar-refractivity contribution is 7.17. The lowest BCUT2D eigenvalue weighted by molar-refractivity contribution is 0.132. The zero-order valence-electron chi connectivity index (χ0n) is 10.8. The third-order valence-corrected chi connectivity index (χ3v) is 4.93. The Morgan fingerprint density at radius 1 is 1.10 bits per heavy atom. The number of para-hydroxylation sites is 1. The van der Waals surface area contributed by atoms with Gasteiger partial charge in [0.25, 0.3) is 0 Å². The fourth-order valence-electron chi connectivity index (χ4n) is 2.89. The van der Waals surface area contributed by atoms with E-state index in [1.165, 1.54) is 4.70 Å². The molecule has 2 unspecified atom stereocenters. The Balaban J connectivity index is 1.77. The third kappa shape index (κ3) is 1.74. The maximum absolute atomic E-state index is 10.8. The predicted octanol–water partition coefficient (Wildman–Crippen LogP) is 4.11. The minimum absolute atomic E-state index is 0.0178. The van der Waals surface area contributed by atoms with E-state index in [1.54, 1.807) is 11.3 Å². The average Bonchev–Trinajstić information content (AvgIpc) is 3.11. The summed E-state index contributed by atoms with van der Waals surface area (Å²) < 4.78 is 6.90. The highest BCUT2D eigenvalue weighted by Crippen LogP contribution is 2.43. The second-order valence-electron chi connectivity index (χ2n) is 5.09. The molecular formula is C17H14O2S. The smallest absolute Gasteiger partial charge is 0.123 e. The summed E-state index contributed by atoms with van der Waals surface area (Å²) in [5.41, 5.74) is 2.12. The van der Waals surface area contributed by atoms with E-state index >= 15 is 0 Å². The fraction of sp³-hybridized carbons (Fsp3) is 0.176. The van der Waals surface area contributed by atoms with Gasteiger partial charge in [-0.3, -0.25) is 0 Å². The first-order chi connectivity index (χ1) is 9.84. The molecule has 0 saturated heterocycles. The van der Waals surface area contributed by atoms with Gasteiger partial charge in [0, 0.05) is 10.3 Å². The normalized spacial score (nSPS) is 18.8. The summed E-state index contributed by atoms with van der Waals surface area (Å²) in [5.74, 6) is 0.917. The summed E-state index contributed by atoms with van der Waals surface area (Å²) in [7, 11) is 0. The van der Waals surface area contributed by atoms with Crippen LogP contribution in [0, 0.1) is 0 Å². The van der Waals surface area contributed by atoms with E-state index in [2.05, 4.69) is 17.5 Å². The summed E-state index contributed by atoms with van der Waals surface area (Å²) in [5, 5.41) is 14.0. The van der Waals surface area contributed by atoms with Crippen LogP contribution < -0.4 is 4.74 Å². The van der Waals surface area contributed by atoms with E-state index in [9.17, 15) is 5.11 Å². The van der Waals surface area contributed by atoms with E-state index < -0.39 is 6.10 Å². The standard InChI is InChI=1S/C17H14O2S/c18-17(13-9-19-15-7-3-1-5-11(13)15)14-10-20-16-8-4-2-6-12(14)16/h1-8,10,13,17-18H,9H2. The number of fused-ring (bicyclic) bond motifs is 2. The number of hydrogen-bond donors (Lipinski definition) is 1. The molecule has 0 amide bonds. The van der Waals surface area contributed by atoms with Crippen LogP contribution in [0.2, 0.25) is 0 Å². The number of aliphatic hydroxyl groups excluding tert-OH is 1. The molecule has 20 heavy (non-hydrogen) atoms. The minimum atomic E-state index is -0.519. The zero-order valence-corrected chi connectivity index (χ0v) is 11.6. The Bertz CT molecular complexity index is 762. The van der Waals surface area contributed by atoms with Crippen molar-refractivity contribution in [2.45, 2.75) is 12.0 Å². The lowest BCUT2D eigenvalue weighted by Crippen LogP contribution is -2.11. The molecular weight excluding hydrogens is 268 g/mol. The van der Waals surface area contributed by atoms with Gasteiger partial charge in [-0.1, -0.05) is 36.4 Å². The van der Waals surface area contributed by atoms with E-state index in [-0.39, 0.29) is 5.92 Å². The van der Waals surface area contributed by atoms with Crippen molar-refractivity contribution in [1.82, 2.24) is 0 Å². The van der Waals surface area contributed by atoms with Crippen LogP contribution in [-0.4, -0.2) is 11.7 Å². The van der Waals surface area contributed by atoms with Crippen LogP contribution in [0.1, 0.15) is 23.1 Å². The molecule has 0 aliphatic carbocycles. The van der Waals surface area contributed by atoms with Crippen molar-refractivity contribution in [3.8, 4) is 5.75 Å². The molecule has 1 aliphatic rings. The molecule has 0 spiro atoms. The van der Waals surface area contributed by atoms with Crippen LogP contribution in [0.3, 0.4) is 0 Å². The van der Waals surface area contributed by atoms with Gasteiger partial charge in [0.1, 0.15) is 5.75 Å². The van der Waals surface area contributed by atoms with Gasteiger partial charge in [-0.05, 0) is 28.5 Å². The molecule has 100 valence electrons. The van der Waals surface area contributed by atoms with Crippen molar-refractivity contribution in [2.24, 2.45) is 0 Å². The summed E-state index contributed by atoms with van der Waals surface area (Å²) in [6, 6.07) is 16.2. The molecule has 4 rings (SSSR count). The number of rotatable bonds is 2. The van der Waals surface area contributed by atoms with Crippen LogP contribution in [-0.2, 0) is 0 Å². The molecule has 0 fully saturated rings. The van der Waals surface area contributed by atoms with E-state index in [0.29, 0.717) is 6.61 Å². The lowest BCUT2D eigenvalue weighted by atomic mass is 9.91. The summed E-state index contributed by atoms with van der Waals surface area (Å²) in [6.45, 7) is 0.546. The second kappa shape index (κ2) is 4.62. The van der Waals surface area contributed by atoms with Crippen LogP contribution in [0.4, 0.5) is 0 Å². The Hall–Kier alpha value is -1.84. The third-order valence-electron chi connectivity index (χ3n) is 3.95. The molecule has 2 aromatic carbocycles. The first-order valence-electron chi connectivity index (χ1n) is 6.70. The Morgan fingerprint density at radius 3 is 2.85 bits per heavy atom. The monoisotopic (exact) mass is 282 g/mol. The van der Waals surface area contributed by atoms with Gasteiger partial charge < -0.3 is 9.84 Å². The van der Waals surface area contributed by atoms with Gasteiger partial charge in [-0.15, -0.1) is 11.3 Å². The van der Waals surface area contributed by atoms with Gasteiger partial charge in [0.15, 0.2) is 0 Å². The molecule has 0 bridgehead atoms. The number of thiophene rings is 1.